The van der Waals surface area contributed by atoms with Crippen LogP contribution in [0.4, 0.5) is 0 Å². The van der Waals surface area contributed by atoms with E-state index in [4.69, 9.17) is 4.74 Å². The van der Waals surface area contributed by atoms with E-state index >= 15 is 0 Å². The number of ether oxygens (including phenoxy) is 1. The maximum Gasteiger partial charge on any atom is 0.309 e. The number of benzene rings is 1. The van der Waals surface area contributed by atoms with Gasteiger partial charge in [0.05, 0.1) is 13.0 Å². The van der Waals surface area contributed by atoms with Crippen LogP contribution in [0.25, 0.3) is 0 Å². The lowest BCUT2D eigenvalue weighted by Gasteiger charge is -2.19. The van der Waals surface area contributed by atoms with Crippen molar-refractivity contribution < 1.29 is 9.53 Å². The van der Waals surface area contributed by atoms with Crippen LogP contribution in [0.2, 0.25) is 0 Å². The number of aryl methyl sites for hydroxylation is 1. The molecule has 0 aromatic heterocycles. The van der Waals surface area contributed by atoms with Crippen LogP contribution in [0.15, 0.2) is 24.3 Å². The quantitative estimate of drug-likeness (QED) is 0.787. The molecule has 3 nitrogen and oxygen atoms in total. The number of rotatable bonds is 6. The molecule has 0 aliphatic rings. The van der Waals surface area contributed by atoms with Crippen LogP contribution in [0.1, 0.15) is 31.9 Å². The van der Waals surface area contributed by atoms with E-state index in [0.717, 1.165) is 13.0 Å². The summed E-state index contributed by atoms with van der Waals surface area (Å²) in [5.74, 6) is -0.304. The first kappa shape index (κ1) is 14.7. The van der Waals surface area contributed by atoms with Crippen molar-refractivity contribution in [2.75, 3.05) is 7.11 Å². The topological polar surface area (TPSA) is 38.3 Å². The molecule has 0 spiro atoms. The second-order valence-electron chi connectivity index (χ2n) is 4.65. The second kappa shape index (κ2) is 7.17. The molecule has 2 atom stereocenters. The van der Waals surface area contributed by atoms with E-state index < -0.39 is 0 Å². The van der Waals surface area contributed by atoms with E-state index in [9.17, 15) is 4.79 Å². The van der Waals surface area contributed by atoms with Crippen LogP contribution in [-0.4, -0.2) is 19.1 Å². The van der Waals surface area contributed by atoms with Gasteiger partial charge in [-0.3, -0.25) is 4.79 Å². The highest BCUT2D eigenvalue weighted by Gasteiger charge is 2.19. The third kappa shape index (κ3) is 4.15. The van der Waals surface area contributed by atoms with Gasteiger partial charge in [-0.1, -0.05) is 38.1 Å². The van der Waals surface area contributed by atoms with E-state index in [2.05, 4.69) is 36.5 Å². The lowest BCUT2D eigenvalue weighted by molar-refractivity contribution is -0.145. The van der Waals surface area contributed by atoms with Gasteiger partial charge in [-0.15, -0.1) is 0 Å². The summed E-state index contributed by atoms with van der Waals surface area (Å²) in [6, 6.07) is 8.64. The Kier molecular flexibility index (Phi) is 5.86. The molecule has 0 radical (unpaired) electrons. The minimum absolute atomic E-state index is 0.100. The van der Waals surface area contributed by atoms with Crippen LogP contribution in [-0.2, 0) is 22.5 Å². The molecule has 1 aromatic rings. The largest absolute Gasteiger partial charge is 0.469 e. The molecule has 1 aromatic carbocycles. The maximum absolute atomic E-state index is 11.4. The van der Waals surface area contributed by atoms with Gasteiger partial charge in [0.15, 0.2) is 0 Å². The van der Waals surface area contributed by atoms with Gasteiger partial charge in [0, 0.05) is 12.6 Å². The van der Waals surface area contributed by atoms with Gasteiger partial charge in [0.25, 0.3) is 0 Å². The Hall–Kier alpha value is -1.35. The minimum atomic E-state index is -0.170. The number of carbonyl (C=O) groups is 1. The third-order valence-corrected chi connectivity index (χ3v) is 3.38. The molecular formula is C15H23NO2. The van der Waals surface area contributed by atoms with Crippen LogP contribution < -0.4 is 5.32 Å². The molecule has 0 heterocycles. The fourth-order valence-electron chi connectivity index (χ4n) is 1.74. The van der Waals surface area contributed by atoms with Crippen molar-refractivity contribution in [2.45, 2.75) is 39.8 Å². The summed E-state index contributed by atoms with van der Waals surface area (Å²) in [6.07, 6.45) is 1.06. The molecule has 0 bridgehead atoms. The molecule has 1 N–H and O–H groups in total. The number of hydrogen-bond acceptors (Lipinski definition) is 3. The first-order valence-corrected chi connectivity index (χ1v) is 6.47. The van der Waals surface area contributed by atoms with E-state index in [0.29, 0.717) is 0 Å². The van der Waals surface area contributed by atoms with E-state index in [1.807, 2.05) is 13.8 Å². The van der Waals surface area contributed by atoms with E-state index in [1.54, 1.807) is 0 Å². The van der Waals surface area contributed by atoms with Crippen molar-refractivity contribution in [3.05, 3.63) is 35.4 Å². The zero-order chi connectivity index (χ0) is 13.5. The summed E-state index contributed by atoms with van der Waals surface area (Å²) in [5.41, 5.74) is 2.57. The average Bonchev–Trinajstić information content (AvgIpc) is 2.43. The van der Waals surface area contributed by atoms with Crippen molar-refractivity contribution in [2.24, 2.45) is 5.92 Å². The predicted octanol–water partition coefficient (Wildman–Crippen LogP) is 2.54. The Morgan fingerprint density at radius 2 is 1.78 bits per heavy atom. The lowest BCUT2D eigenvalue weighted by atomic mass is 10.0. The molecule has 100 valence electrons. The molecular weight excluding hydrogens is 226 g/mol. The summed E-state index contributed by atoms with van der Waals surface area (Å²) in [4.78, 5) is 11.4. The first-order valence-electron chi connectivity index (χ1n) is 6.47. The van der Waals surface area contributed by atoms with E-state index in [1.165, 1.54) is 18.2 Å². The first-order chi connectivity index (χ1) is 8.58. The molecule has 2 unspecified atom stereocenters. The number of hydrogen-bond donors (Lipinski definition) is 1. The van der Waals surface area contributed by atoms with Gasteiger partial charge in [-0.2, -0.15) is 0 Å². The number of methoxy groups -OCH3 is 1. The Morgan fingerprint density at radius 3 is 2.28 bits per heavy atom. The highest BCUT2D eigenvalue weighted by atomic mass is 16.5. The van der Waals surface area contributed by atoms with Crippen LogP contribution in [0.5, 0.6) is 0 Å². The average molecular weight is 249 g/mol. The standard InChI is InChI=1S/C15H23NO2/c1-5-13-6-8-14(9-7-13)10-16-12(3)11(2)15(17)18-4/h6-9,11-12,16H,5,10H2,1-4H3. The molecule has 0 amide bonds. The van der Waals surface area contributed by atoms with Crippen molar-refractivity contribution in [3.63, 3.8) is 0 Å². The van der Waals surface area contributed by atoms with Crippen LogP contribution in [0, 0.1) is 5.92 Å². The number of carbonyl (C=O) groups excluding carboxylic acids is 1. The van der Waals surface area contributed by atoms with Gasteiger partial charge in [0.1, 0.15) is 0 Å². The zero-order valence-electron chi connectivity index (χ0n) is 11.7. The fourth-order valence-corrected chi connectivity index (χ4v) is 1.74. The minimum Gasteiger partial charge on any atom is -0.469 e. The van der Waals surface area contributed by atoms with Crippen LogP contribution >= 0.6 is 0 Å². The second-order valence-corrected chi connectivity index (χ2v) is 4.65. The third-order valence-electron chi connectivity index (χ3n) is 3.38. The monoisotopic (exact) mass is 249 g/mol. The van der Waals surface area contributed by atoms with Crippen molar-refractivity contribution in [1.82, 2.24) is 5.32 Å². The number of nitrogens with one attached hydrogen (secondary N) is 1. The summed E-state index contributed by atoms with van der Waals surface area (Å²) in [7, 11) is 1.43. The Balaban J connectivity index is 2.46. The SMILES string of the molecule is CCc1ccc(CNC(C)C(C)C(=O)OC)cc1. The maximum atomic E-state index is 11.4. The Morgan fingerprint density at radius 1 is 1.22 bits per heavy atom. The fraction of sp³-hybridized carbons (Fsp3) is 0.533. The van der Waals surface area contributed by atoms with Crippen molar-refractivity contribution in [3.8, 4) is 0 Å². The summed E-state index contributed by atoms with van der Waals surface area (Å²) >= 11 is 0. The molecule has 1 rings (SSSR count). The molecule has 0 saturated carbocycles. The summed E-state index contributed by atoms with van der Waals surface area (Å²) in [6.45, 7) is 6.80. The molecule has 3 heteroatoms. The van der Waals surface area contributed by atoms with Crippen LogP contribution in [0.3, 0.4) is 0 Å². The van der Waals surface area contributed by atoms with Crippen molar-refractivity contribution in [1.29, 1.82) is 0 Å². The smallest absolute Gasteiger partial charge is 0.309 e. The molecule has 0 aliphatic carbocycles. The molecule has 0 saturated heterocycles. The van der Waals surface area contributed by atoms with Gasteiger partial charge in [-0.25, -0.2) is 0 Å². The summed E-state index contributed by atoms with van der Waals surface area (Å²) < 4.78 is 4.74. The predicted molar refractivity (Wildman–Crippen MR) is 73.3 cm³/mol. The van der Waals surface area contributed by atoms with Gasteiger partial charge in [0.2, 0.25) is 0 Å². The van der Waals surface area contributed by atoms with E-state index in [-0.39, 0.29) is 17.9 Å². The Labute approximate surface area is 110 Å². The zero-order valence-corrected chi connectivity index (χ0v) is 11.7. The van der Waals surface area contributed by atoms with Gasteiger partial charge in [-0.05, 0) is 24.5 Å². The van der Waals surface area contributed by atoms with Crippen molar-refractivity contribution >= 4 is 5.97 Å². The normalized spacial score (nSPS) is 14.0. The summed E-state index contributed by atoms with van der Waals surface area (Å²) in [5, 5.41) is 3.35. The molecule has 18 heavy (non-hydrogen) atoms. The number of esters is 1. The van der Waals surface area contributed by atoms with Gasteiger partial charge >= 0.3 is 5.97 Å². The highest BCUT2D eigenvalue weighted by molar-refractivity contribution is 5.72. The molecule has 0 fully saturated rings. The van der Waals surface area contributed by atoms with Gasteiger partial charge < -0.3 is 10.1 Å². The molecule has 0 aliphatic heterocycles. The lowest BCUT2D eigenvalue weighted by Crippen LogP contribution is -2.36. The highest BCUT2D eigenvalue weighted by Crippen LogP contribution is 2.08. The Bertz CT molecular complexity index is 373.